The zero-order chi connectivity index (χ0) is 12.3. The van der Waals surface area contributed by atoms with Gasteiger partial charge in [0.1, 0.15) is 0 Å². The first-order valence-corrected chi connectivity index (χ1v) is 4.90. The average Bonchev–Trinajstić information content (AvgIpc) is 2.34. The van der Waals surface area contributed by atoms with E-state index < -0.39 is 17.5 Å². The number of halogens is 2. The van der Waals surface area contributed by atoms with Crippen molar-refractivity contribution in [1.82, 2.24) is 0 Å². The second-order valence-electron chi connectivity index (χ2n) is 3.35. The minimum atomic E-state index is -0.922. The summed E-state index contributed by atoms with van der Waals surface area (Å²) in [5, 5.41) is 2.34. The number of nitrogens with one attached hydrogen (secondary N) is 1. The van der Waals surface area contributed by atoms with Crippen LogP contribution in [0.3, 0.4) is 0 Å². The maximum Gasteiger partial charge on any atom is 0.244 e. The van der Waals surface area contributed by atoms with E-state index in [1.54, 1.807) is 30.3 Å². The van der Waals surface area contributed by atoms with Crippen LogP contribution >= 0.6 is 0 Å². The minimum absolute atomic E-state index is 0. The zero-order valence-electron chi connectivity index (χ0n) is 9.21. The fourth-order valence-corrected chi connectivity index (χ4v) is 1.32. The van der Waals surface area contributed by atoms with Crippen LogP contribution in [-0.2, 0) is 21.7 Å². The smallest absolute Gasteiger partial charge is 0.244 e. The molecule has 0 saturated heterocycles. The largest absolute Gasteiger partial charge is 0.373 e. The van der Waals surface area contributed by atoms with Gasteiger partial charge in [-0.2, -0.15) is 0 Å². The van der Waals surface area contributed by atoms with Crippen LogP contribution in [0, 0.1) is 17.7 Å². The monoisotopic (exact) mass is 280 g/mol. The van der Waals surface area contributed by atoms with E-state index in [1.165, 1.54) is 0 Å². The fourth-order valence-electron chi connectivity index (χ4n) is 1.32. The summed E-state index contributed by atoms with van der Waals surface area (Å²) in [6.07, 6.45) is 0. The van der Waals surface area contributed by atoms with Gasteiger partial charge in [0, 0.05) is 38.9 Å². The van der Waals surface area contributed by atoms with Crippen LogP contribution < -0.4 is 5.32 Å². The summed E-state index contributed by atoms with van der Waals surface area (Å²) in [6.45, 7) is 0. The van der Waals surface area contributed by atoms with Crippen molar-refractivity contribution in [2.24, 2.45) is 0 Å². The molecule has 18 heavy (non-hydrogen) atoms. The van der Waals surface area contributed by atoms with E-state index in [-0.39, 0.29) is 27.4 Å². The average molecular weight is 280 g/mol. The Kier molecular flexibility index (Phi) is 5.19. The molecule has 90 valence electrons. The van der Waals surface area contributed by atoms with Crippen molar-refractivity contribution in [3.05, 3.63) is 65.7 Å². The molecule has 2 aromatic rings. The summed E-state index contributed by atoms with van der Waals surface area (Å²) in [7, 11) is 0. The Morgan fingerprint density at radius 3 is 2.33 bits per heavy atom. The van der Waals surface area contributed by atoms with Gasteiger partial charge in [-0.15, -0.1) is 18.2 Å². The number of hydrogen-bond donors (Lipinski definition) is 1. The van der Waals surface area contributed by atoms with Gasteiger partial charge >= 0.3 is 0 Å². The number of rotatable bonds is 2. The number of amides is 1. The maximum absolute atomic E-state index is 13.2. The second kappa shape index (κ2) is 6.43. The van der Waals surface area contributed by atoms with Gasteiger partial charge in [0.2, 0.25) is 5.91 Å². The summed E-state index contributed by atoms with van der Waals surface area (Å²) < 4.78 is 25.8. The van der Waals surface area contributed by atoms with Crippen molar-refractivity contribution in [1.29, 1.82) is 0 Å². The van der Waals surface area contributed by atoms with Gasteiger partial charge in [-0.25, -0.2) is 8.78 Å². The number of anilines is 1. The molecular weight excluding hydrogens is 272 g/mol. The predicted octanol–water partition coefficient (Wildman–Crippen LogP) is 3.01. The summed E-state index contributed by atoms with van der Waals surface area (Å²) >= 11 is 0. The summed E-state index contributed by atoms with van der Waals surface area (Å²) in [6, 6.07) is 12.4. The van der Waals surface area contributed by atoms with Crippen LogP contribution in [0.1, 0.15) is 10.4 Å². The van der Waals surface area contributed by atoms with E-state index in [4.69, 9.17) is 0 Å². The molecule has 0 aromatic heterocycles. The summed E-state index contributed by atoms with van der Waals surface area (Å²) in [5.41, 5.74) is 0.302. The van der Waals surface area contributed by atoms with Gasteiger partial charge in [-0.1, -0.05) is 18.2 Å². The molecule has 0 heterocycles. The van der Waals surface area contributed by atoms with Crippen LogP contribution in [0.2, 0.25) is 0 Å². The Hall–Kier alpha value is -1.52. The van der Waals surface area contributed by atoms with E-state index in [9.17, 15) is 13.6 Å². The van der Waals surface area contributed by atoms with E-state index >= 15 is 0 Å². The third kappa shape index (κ3) is 3.49. The quantitative estimate of drug-likeness (QED) is 0.665. The van der Waals surface area contributed by atoms with Crippen LogP contribution in [0.15, 0.2) is 42.5 Å². The van der Waals surface area contributed by atoms with Crippen molar-refractivity contribution >= 4 is 11.6 Å². The molecule has 0 radical (unpaired) electrons. The Bertz CT molecular complexity index is 546. The third-order valence-corrected chi connectivity index (χ3v) is 2.15. The van der Waals surface area contributed by atoms with Gasteiger partial charge in [0.15, 0.2) is 0 Å². The molecule has 1 amide bonds. The number of carbonyl (C=O) groups is 1. The van der Waals surface area contributed by atoms with Crippen molar-refractivity contribution in [2.45, 2.75) is 0 Å². The molecule has 0 aliphatic carbocycles. The molecule has 0 bridgehead atoms. The molecule has 0 aliphatic heterocycles. The predicted molar refractivity (Wildman–Crippen MR) is 59.6 cm³/mol. The van der Waals surface area contributed by atoms with Gasteiger partial charge in [-0.05, 0) is 17.8 Å². The Morgan fingerprint density at radius 1 is 1.06 bits per heavy atom. The van der Waals surface area contributed by atoms with Crippen molar-refractivity contribution in [3.8, 4) is 0 Å². The molecule has 0 fully saturated rings. The zero-order valence-corrected chi connectivity index (χ0v) is 10.8. The first-order valence-electron chi connectivity index (χ1n) is 4.90. The Labute approximate surface area is 118 Å². The van der Waals surface area contributed by atoms with Crippen molar-refractivity contribution in [3.63, 3.8) is 0 Å². The van der Waals surface area contributed by atoms with Crippen molar-refractivity contribution < 1.29 is 35.3 Å². The number of hydrogen-bond acceptors (Lipinski definition) is 1. The van der Waals surface area contributed by atoms with Crippen molar-refractivity contribution in [2.75, 3.05) is 5.32 Å². The Morgan fingerprint density at radius 2 is 1.72 bits per heavy atom. The Balaban J connectivity index is 0.00000162. The third-order valence-electron chi connectivity index (χ3n) is 2.15. The fraction of sp³-hybridized carbons (Fsp3) is 0. The summed E-state index contributed by atoms with van der Waals surface area (Å²) in [5.74, 6) is -2.18. The first-order chi connectivity index (χ1) is 8.16. The molecule has 2 rings (SSSR count). The first kappa shape index (κ1) is 14.5. The minimum Gasteiger partial charge on any atom is -0.373 e. The van der Waals surface area contributed by atoms with E-state index in [0.29, 0.717) is 5.56 Å². The second-order valence-corrected chi connectivity index (χ2v) is 3.35. The van der Waals surface area contributed by atoms with E-state index in [0.717, 1.165) is 12.1 Å². The number of carbonyl (C=O) groups excluding carboxylic acids is 1. The molecule has 0 unspecified atom stereocenters. The maximum atomic E-state index is 13.2. The molecule has 0 atom stereocenters. The molecule has 1 N–H and O–H groups in total. The van der Waals surface area contributed by atoms with Gasteiger partial charge in [0.05, 0.1) is 0 Å². The molecule has 5 heteroatoms. The molecule has 0 spiro atoms. The van der Waals surface area contributed by atoms with Gasteiger partial charge < -0.3 is 5.32 Å². The van der Waals surface area contributed by atoms with Gasteiger partial charge in [0.25, 0.3) is 0 Å². The topological polar surface area (TPSA) is 29.1 Å². The van der Waals surface area contributed by atoms with Crippen LogP contribution in [0.5, 0.6) is 0 Å². The van der Waals surface area contributed by atoms with Gasteiger partial charge in [-0.3, -0.25) is 4.79 Å². The number of benzene rings is 2. The molecule has 2 nitrogen and oxygen atoms in total. The van der Waals surface area contributed by atoms with E-state index in [2.05, 4.69) is 5.32 Å². The normalized spacial score (nSPS) is 9.44. The van der Waals surface area contributed by atoms with E-state index in [1.807, 2.05) is 6.07 Å². The molecule has 0 saturated carbocycles. The molecule has 0 aliphatic rings. The van der Waals surface area contributed by atoms with Crippen LogP contribution in [0.4, 0.5) is 14.5 Å². The molecule has 2 aromatic carbocycles. The standard InChI is InChI=1S/C13H8F2NO.Ti/c14-10-6-7-12(11(15)8-10)16-13(17)9-4-2-1-3-5-9;/h1-7H,(H,16,17);/q-1;. The summed E-state index contributed by atoms with van der Waals surface area (Å²) in [4.78, 5) is 11.7. The molecular formula is C13H8F2NOTi-. The van der Waals surface area contributed by atoms with Crippen LogP contribution in [-0.4, -0.2) is 5.91 Å². The SMILES string of the molecule is O=C(Nc1ccc(F)[c-]c1F)c1ccccc1.[Ti]. The van der Waals surface area contributed by atoms with Crippen LogP contribution in [0.25, 0.3) is 0 Å².